The van der Waals surface area contributed by atoms with Gasteiger partial charge in [-0.05, 0) is 47.4 Å². The molecule has 0 radical (unpaired) electrons. The van der Waals surface area contributed by atoms with Crippen LogP contribution >= 0.6 is 0 Å². The number of nitrogens with zero attached hydrogens (tertiary/aromatic N) is 3. The Morgan fingerprint density at radius 3 is 2.75 bits per heavy atom. The highest BCUT2D eigenvalue weighted by atomic mass is 16.5. The fourth-order valence-corrected chi connectivity index (χ4v) is 4.88. The number of ether oxygens (including phenoxy) is 3. The Kier molecular flexibility index (Phi) is 7.68. The van der Waals surface area contributed by atoms with E-state index in [4.69, 9.17) is 14.2 Å². The van der Waals surface area contributed by atoms with E-state index in [0.717, 1.165) is 47.5 Å². The maximum Gasteiger partial charge on any atom is 0.253 e. The van der Waals surface area contributed by atoms with Crippen molar-refractivity contribution in [2.75, 3.05) is 39.5 Å². The molecule has 0 unspecified atom stereocenters. The number of aromatic nitrogens is 1. The molecule has 7 nitrogen and oxygen atoms in total. The van der Waals surface area contributed by atoms with Crippen molar-refractivity contribution in [3.05, 3.63) is 65.9 Å². The first-order chi connectivity index (χ1) is 17.5. The molecule has 190 valence electrons. The summed E-state index contributed by atoms with van der Waals surface area (Å²) in [4.78, 5) is 22.3. The number of hydrogen-bond acceptors (Lipinski definition) is 6. The van der Waals surface area contributed by atoms with E-state index in [2.05, 4.69) is 48.0 Å². The minimum absolute atomic E-state index is 0.0447. The van der Waals surface area contributed by atoms with Crippen LogP contribution in [-0.2, 0) is 22.6 Å². The minimum Gasteiger partial charge on any atom is -0.490 e. The zero-order valence-corrected chi connectivity index (χ0v) is 21.2. The first-order valence-corrected chi connectivity index (χ1v) is 12.9. The molecule has 36 heavy (non-hydrogen) atoms. The molecule has 5 rings (SSSR count). The van der Waals surface area contributed by atoms with Gasteiger partial charge >= 0.3 is 0 Å². The summed E-state index contributed by atoms with van der Waals surface area (Å²) in [6.45, 7) is 9.49. The standard InChI is InChI=1S/C29H35N3O4/c1-21(2)17-32(19-23-7-9-26-27(16-23)35-13-4-12-34-26)29(33)28-20-31(11-14-36-28)18-22-6-8-25-24(15-22)5-3-10-30-25/h3,5-10,15-16,21,28H,4,11-14,17-20H2,1-2H3/t28-/m1/s1. The number of benzene rings is 2. The lowest BCUT2D eigenvalue weighted by atomic mass is 10.1. The monoisotopic (exact) mass is 489 g/mol. The topological polar surface area (TPSA) is 64.1 Å². The van der Waals surface area contributed by atoms with Crippen LogP contribution in [0.25, 0.3) is 10.9 Å². The number of rotatable bonds is 7. The first-order valence-electron chi connectivity index (χ1n) is 12.9. The van der Waals surface area contributed by atoms with Crippen LogP contribution in [-0.4, -0.2) is 66.2 Å². The lowest BCUT2D eigenvalue weighted by molar-refractivity contribution is -0.151. The van der Waals surface area contributed by atoms with Gasteiger partial charge in [0.2, 0.25) is 0 Å². The van der Waals surface area contributed by atoms with E-state index in [1.165, 1.54) is 5.56 Å². The van der Waals surface area contributed by atoms with E-state index in [9.17, 15) is 4.79 Å². The second-order valence-corrected chi connectivity index (χ2v) is 10.1. The molecule has 0 bridgehead atoms. The molecular formula is C29H35N3O4. The Morgan fingerprint density at radius 2 is 1.89 bits per heavy atom. The van der Waals surface area contributed by atoms with Crippen molar-refractivity contribution in [1.29, 1.82) is 0 Å². The molecule has 1 saturated heterocycles. The second kappa shape index (κ2) is 11.3. The Labute approximate surface area is 213 Å². The number of carbonyl (C=O) groups is 1. The van der Waals surface area contributed by atoms with Crippen LogP contribution in [0, 0.1) is 5.92 Å². The number of pyridine rings is 1. The fraction of sp³-hybridized carbons (Fsp3) is 0.448. The van der Waals surface area contributed by atoms with Gasteiger partial charge in [-0.1, -0.05) is 32.0 Å². The van der Waals surface area contributed by atoms with E-state index in [1.54, 1.807) is 0 Å². The van der Waals surface area contributed by atoms with Gasteiger partial charge in [-0.3, -0.25) is 14.7 Å². The second-order valence-electron chi connectivity index (χ2n) is 10.1. The highest BCUT2D eigenvalue weighted by Crippen LogP contribution is 2.31. The Bertz CT molecular complexity index is 1200. The van der Waals surface area contributed by atoms with Crippen LogP contribution < -0.4 is 9.47 Å². The van der Waals surface area contributed by atoms with Crippen molar-refractivity contribution in [2.45, 2.75) is 39.5 Å². The maximum atomic E-state index is 13.7. The normalized spacial score (nSPS) is 18.2. The molecule has 3 aromatic rings. The summed E-state index contributed by atoms with van der Waals surface area (Å²) >= 11 is 0. The largest absolute Gasteiger partial charge is 0.490 e. The third-order valence-corrected chi connectivity index (χ3v) is 6.58. The molecule has 3 heterocycles. The molecule has 1 aromatic heterocycles. The van der Waals surface area contributed by atoms with Gasteiger partial charge in [0.15, 0.2) is 11.5 Å². The summed E-state index contributed by atoms with van der Waals surface area (Å²) in [5.74, 6) is 1.92. The zero-order chi connectivity index (χ0) is 24.9. The van der Waals surface area contributed by atoms with Crippen LogP contribution in [0.3, 0.4) is 0 Å². The average Bonchev–Trinajstić information content (AvgIpc) is 3.13. The first kappa shape index (κ1) is 24.5. The van der Waals surface area contributed by atoms with Gasteiger partial charge in [-0.2, -0.15) is 0 Å². The number of hydrogen-bond donors (Lipinski definition) is 0. The number of morpholine rings is 1. The molecule has 0 spiro atoms. The van der Waals surface area contributed by atoms with Crippen LogP contribution in [0.15, 0.2) is 54.7 Å². The van der Waals surface area contributed by atoms with E-state index in [0.29, 0.717) is 45.4 Å². The van der Waals surface area contributed by atoms with Crippen molar-refractivity contribution in [3.8, 4) is 11.5 Å². The van der Waals surface area contributed by atoms with Gasteiger partial charge in [0, 0.05) is 50.7 Å². The lowest BCUT2D eigenvalue weighted by Gasteiger charge is -2.35. The molecule has 0 aliphatic carbocycles. The Balaban J connectivity index is 1.27. The predicted octanol–water partition coefficient (Wildman–Crippen LogP) is 4.28. The van der Waals surface area contributed by atoms with Crippen LogP contribution in [0.2, 0.25) is 0 Å². The fourth-order valence-electron chi connectivity index (χ4n) is 4.88. The highest BCUT2D eigenvalue weighted by molar-refractivity contribution is 5.81. The number of fused-ring (bicyclic) bond motifs is 2. The smallest absolute Gasteiger partial charge is 0.253 e. The quantitative estimate of drug-likeness (QED) is 0.494. The zero-order valence-electron chi connectivity index (χ0n) is 21.2. The van der Waals surface area contributed by atoms with Gasteiger partial charge < -0.3 is 19.1 Å². The summed E-state index contributed by atoms with van der Waals surface area (Å²) in [5.41, 5.74) is 3.25. The molecule has 1 atom stereocenters. The van der Waals surface area contributed by atoms with Gasteiger partial charge in [-0.15, -0.1) is 0 Å². The van der Waals surface area contributed by atoms with Gasteiger partial charge in [0.05, 0.1) is 25.3 Å². The van der Waals surface area contributed by atoms with E-state index in [-0.39, 0.29) is 5.91 Å². The third kappa shape index (κ3) is 5.97. The molecule has 0 saturated carbocycles. The van der Waals surface area contributed by atoms with Crippen LogP contribution in [0.1, 0.15) is 31.4 Å². The van der Waals surface area contributed by atoms with Crippen molar-refractivity contribution >= 4 is 16.8 Å². The highest BCUT2D eigenvalue weighted by Gasteiger charge is 2.31. The summed E-state index contributed by atoms with van der Waals surface area (Å²) in [7, 11) is 0. The average molecular weight is 490 g/mol. The number of carbonyl (C=O) groups excluding carboxylic acids is 1. The minimum atomic E-state index is -0.472. The molecule has 2 aliphatic heterocycles. The Morgan fingerprint density at radius 1 is 1.06 bits per heavy atom. The molecule has 1 fully saturated rings. The molecular weight excluding hydrogens is 454 g/mol. The summed E-state index contributed by atoms with van der Waals surface area (Å²) < 4.78 is 17.6. The van der Waals surface area contributed by atoms with Crippen LogP contribution in [0.5, 0.6) is 11.5 Å². The SMILES string of the molecule is CC(C)CN(Cc1ccc2c(c1)OCCCO2)C(=O)[C@H]1CN(Cc2ccc3ncccc3c2)CCO1. The van der Waals surface area contributed by atoms with Gasteiger partial charge in [0.25, 0.3) is 5.91 Å². The van der Waals surface area contributed by atoms with Crippen molar-refractivity contribution < 1.29 is 19.0 Å². The molecule has 2 aromatic carbocycles. The van der Waals surface area contributed by atoms with Gasteiger partial charge in [0.1, 0.15) is 6.10 Å². The summed E-state index contributed by atoms with van der Waals surface area (Å²) in [5, 5.41) is 1.13. The molecule has 7 heteroatoms. The van der Waals surface area contributed by atoms with E-state index >= 15 is 0 Å². The molecule has 2 aliphatic rings. The van der Waals surface area contributed by atoms with Crippen LogP contribution in [0.4, 0.5) is 0 Å². The van der Waals surface area contributed by atoms with Crippen molar-refractivity contribution in [3.63, 3.8) is 0 Å². The van der Waals surface area contributed by atoms with Gasteiger partial charge in [-0.25, -0.2) is 0 Å². The third-order valence-electron chi connectivity index (χ3n) is 6.58. The maximum absolute atomic E-state index is 13.7. The summed E-state index contributed by atoms with van der Waals surface area (Å²) in [6, 6.07) is 16.4. The van der Waals surface area contributed by atoms with Crippen molar-refractivity contribution in [2.24, 2.45) is 5.92 Å². The van der Waals surface area contributed by atoms with Crippen molar-refractivity contribution in [1.82, 2.24) is 14.8 Å². The summed E-state index contributed by atoms with van der Waals surface area (Å²) in [6.07, 6.45) is 2.21. The van der Waals surface area contributed by atoms with E-state index in [1.807, 2.05) is 35.4 Å². The van der Waals surface area contributed by atoms with E-state index < -0.39 is 6.10 Å². The molecule has 0 N–H and O–H groups in total. The molecule has 1 amide bonds. The predicted molar refractivity (Wildman–Crippen MR) is 139 cm³/mol. The Hall–Kier alpha value is -3.16. The number of amides is 1. The lowest BCUT2D eigenvalue weighted by Crippen LogP contribution is -2.51.